The molecule has 0 spiro atoms. The zero-order chi connectivity index (χ0) is 35.5. The fourth-order valence-corrected chi connectivity index (χ4v) is 3.75. The fraction of sp³-hybridized carbons (Fsp3) is 0.844. The Kier molecular flexibility index (Phi) is 31.4. The van der Waals surface area contributed by atoms with Gasteiger partial charge in [0.1, 0.15) is 6.04 Å². The standard InChI is InChI=1S/C32H58N2O15/c1-29(34-30(35)3-4-31(34)36)32(37)33-5-6-39-9-10-41-13-14-43-17-18-45-21-22-47-25-26-49-28-27-48-24-23-46-20-19-44-16-15-42-12-11-40-8-7-38-2/h3-4,29H,5-28H2,1-2H3,(H,33,37). The van der Waals surface area contributed by atoms with E-state index in [1.165, 1.54) is 6.92 Å². The number of hydrogen-bond acceptors (Lipinski definition) is 15. The van der Waals surface area contributed by atoms with Gasteiger partial charge >= 0.3 is 0 Å². The Hall–Kier alpha value is -2.13. The number of carbonyl (C=O) groups is 3. The first kappa shape index (κ1) is 44.9. The topological polar surface area (TPSA) is 177 Å². The van der Waals surface area contributed by atoms with E-state index in [-0.39, 0.29) is 13.2 Å². The van der Waals surface area contributed by atoms with Gasteiger partial charge in [0, 0.05) is 25.8 Å². The van der Waals surface area contributed by atoms with Gasteiger partial charge in [-0.05, 0) is 6.92 Å². The molecule has 0 fully saturated rings. The maximum atomic E-state index is 12.1. The van der Waals surface area contributed by atoms with Crippen LogP contribution in [0.1, 0.15) is 6.92 Å². The minimum atomic E-state index is -0.879. The molecule has 0 aromatic carbocycles. The van der Waals surface area contributed by atoms with Gasteiger partial charge in [-0.2, -0.15) is 0 Å². The Balaban J connectivity index is 1.67. The summed E-state index contributed by atoms with van der Waals surface area (Å²) in [5.41, 5.74) is 0. The van der Waals surface area contributed by atoms with Crippen molar-refractivity contribution < 1.29 is 71.2 Å². The molecule has 1 aliphatic heterocycles. The molecular weight excluding hydrogens is 652 g/mol. The van der Waals surface area contributed by atoms with E-state index >= 15 is 0 Å². The maximum Gasteiger partial charge on any atom is 0.254 e. The Morgan fingerprint density at radius 2 is 0.735 bits per heavy atom. The molecule has 1 heterocycles. The Morgan fingerprint density at radius 1 is 0.490 bits per heavy atom. The predicted octanol–water partition coefficient (Wildman–Crippen LogP) is -0.755. The third-order valence-corrected chi connectivity index (χ3v) is 6.31. The van der Waals surface area contributed by atoms with Gasteiger partial charge in [-0.25, -0.2) is 0 Å². The van der Waals surface area contributed by atoms with E-state index in [9.17, 15) is 14.4 Å². The lowest BCUT2D eigenvalue weighted by atomic mass is 10.2. The minimum absolute atomic E-state index is 0.256. The average Bonchev–Trinajstić information content (AvgIpc) is 3.44. The van der Waals surface area contributed by atoms with Crippen molar-refractivity contribution in [1.29, 1.82) is 0 Å². The Bertz CT molecular complexity index is 818. The highest BCUT2D eigenvalue weighted by atomic mass is 16.6. The van der Waals surface area contributed by atoms with Gasteiger partial charge in [-0.15, -0.1) is 0 Å². The molecule has 0 bridgehead atoms. The van der Waals surface area contributed by atoms with E-state index in [1.807, 2.05) is 0 Å². The smallest absolute Gasteiger partial charge is 0.254 e. The van der Waals surface area contributed by atoms with Crippen LogP contribution in [0, 0.1) is 0 Å². The summed E-state index contributed by atoms with van der Waals surface area (Å²) < 4.78 is 64.6. The van der Waals surface area contributed by atoms with Crippen LogP contribution in [0.25, 0.3) is 0 Å². The summed E-state index contributed by atoms with van der Waals surface area (Å²) in [6, 6.07) is -0.879. The molecule has 1 unspecified atom stereocenters. The highest BCUT2D eigenvalue weighted by molar-refractivity contribution is 6.15. The molecule has 1 aliphatic rings. The SMILES string of the molecule is COCCOCCOCCOCCOCCOCCOCCOCCOCCOCCOCCOCCNC(=O)C(C)N1C(=O)C=CC1=O. The van der Waals surface area contributed by atoms with Crippen LogP contribution in [0.2, 0.25) is 0 Å². The first-order valence-corrected chi connectivity index (χ1v) is 16.7. The minimum Gasteiger partial charge on any atom is -0.382 e. The number of nitrogens with zero attached hydrogens (tertiary/aromatic N) is 1. The summed E-state index contributed by atoms with van der Waals surface area (Å²) in [5, 5.41) is 2.64. The summed E-state index contributed by atoms with van der Waals surface area (Å²) in [5.74, 6) is -1.41. The Labute approximate surface area is 290 Å². The van der Waals surface area contributed by atoms with Crippen LogP contribution in [0.4, 0.5) is 0 Å². The lowest BCUT2D eigenvalue weighted by Crippen LogP contribution is -2.48. The van der Waals surface area contributed by atoms with Crippen LogP contribution in [0.5, 0.6) is 0 Å². The second-order valence-electron chi connectivity index (χ2n) is 10.1. The van der Waals surface area contributed by atoms with E-state index in [0.717, 1.165) is 17.1 Å². The molecule has 0 radical (unpaired) electrons. The zero-order valence-electron chi connectivity index (χ0n) is 29.3. The molecular formula is C32H58N2O15. The number of amides is 3. The van der Waals surface area contributed by atoms with Crippen LogP contribution in [0.3, 0.4) is 0 Å². The predicted molar refractivity (Wildman–Crippen MR) is 174 cm³/mol. The highest BCUT2D eigenvalue weighted by Gasteiger charge is 2.32. The molecule has 1 rings (SSSR count). The number of hydrogen-bond donors (Lipinski definition) is 1. The number of rotatable bonds is 38. The molecule has 17 nitrogen and oxygen atoms in total. The molecule has 3 amide bonds. The number of imide groups is 1. The third kappa shape index (κ3) is 27.3. The molecule has 0 aliphatic carbocycles. The van der Waals surface area contributed by atoms with Crippen molar-refractivity contribution in [3.05, 3.63) is 12.2 Å². The van der Waals surface area contributed by atoms with Crippen molar-refractivity contribution in [1.82, 2.24) is 10.2 Å². The van der Waals surface area contributed by atoms with Gasteiger partial charge in [-0.3, -0.25) is 19.3 Å². The van der Waals surface area contributed by atoms with E-state index in [1.54, 1.807) is 7.11 Å². The van der Waals surface area contributed by atoms with E-state index in [0.29, 0.717) is 145 Å². The van der Waals surface area contributed by atoms with Crippen LogP contribution >= 0.6 is 0 Å². The molecule has 0 saturated carbocycles. The number of ether oxygens (including phenoxy) is 12. The quantitative estimate of drug-likeness (QED) is 0.0625. The van der Waals surface area contributed by atoms with Crippen LogP contribution in [0.15, 0.2) is 12.2 Å². The monoisotopic (exact) mass is 710 g/mol. The van der Waals surface area contributed by atoms with Gasteiger partial charge in [-0.1, -0.05) is 0 Å². The second-order valence-corrected chi connectivity index (χ2v) is 10.1. The molecule has 1 atom stereocenters. The third-order valence-electron chi connectivity index (χ3n) is 6.31. The van der Waals surface area contributed by atoms with Crippen molar-refractivity contribution in [2.24, 2.45) is 0 Å². The van der Waals surface area contributed by atoms with Crippen LogP contribution in [-0.2, 0) is 71.2 Å². The summed E-state index contributed by atoms with van der Waals surface area (Å²) in [7, 11) is 1.64. The number of carbonyl (C=O) groups excluding carboxylic acids is 3. The maximum absolute atomic E-state index is 12.1. The van der Waals surface area contributed by atoms with Crippen molar-refractivity contribution in [3.8, 4) is 0 Å². The molecule has 286 valence electrons. The van der Waals surface area contributed by atoms with Gasteiger partial charge in [0.25, 0.3) is 11.8 Å². The molecule has 17 heteroatoms. The van der Waals surface area contributed by atoms with Crippen LogP contribution < -0.4 is 5.32 Å². The Morgan fingerprint density at radius 3 is 1.00 bits per heavy atom. The molecule has 0 aromatic heterocycles. The molecule has 1 N–H and O–H groups in total. The summed E-state index contributed by atoms with van der Waals surface area (Å²) in [6.45, 7) is 12.7. The van der Waals surface area contributed by atoms with E-state index < -0.39 is 23.8 Å². The zero-order valence-corrected chi connectivity index (χ0v) is 29.3. The van der Waals surface area contributed by atoms with Crippen molar-refractivity contribution in [2.45, 2.75) is 13.0 Å². The molecule has 0 aromatic rings. The van der Waals surface area contributed by atoms with Gasteiger partial charge in [0.2, 0.25) is 5.91 Å². The average molecular weight is 711 g/mol. The lowest BCUT2D eigenvalue weighted by Gasteiger charge is -2.21. The normalized spacial score (nSPS) is 13.6. The van der Waals surface area contributed by atoms with Gasteiger partial charge < -0.3 is 62.2 Å². The van der Waals surface area contributed by atoms with Crippen molar-refractivity contribution in [2.75, 3.05) is 166 Å². The number of nitrogens with one attached hydrogen (secondary N) is 1. The largest absolute Gasteiger partial charge is 0.382 e. The summed E-state index contributed by atoms with van der Waals surface area (Å²) in [6.07, 6.45) is 2.29. The second kappa shape index (κ2) is 34.3. The first-order chi connectivity index (χ1) is 24.1. The molecule has 49 heavy (non-hydrogen) atoms. The number of methoxy groups -OCH3 is 1. The molecule has 0 saturated heterocycles. The summed E-state index contributed by atoms with van der Waals surface area (Å²) in [4.78, 5) is 36.3. The lowest BCUT2D eigenvalue weighted by molar-refractivity contribution is -0.144. The van der Waals surface area contributed by atoms with Crippen LogP contribution in [-0.4, -0.2) is 194 Å². The van der Waals surface area contributed by atoms with Gasteiger partial charge in [0.05, 0.1) is 152 Å². The fourth-order valence-electron chi connectivity index (χ4n) is 3.75. The summed E-state index contributed by atoms with van der Waals surface area (Å²) >= 11 is 0. The van der Waals surface area contributed by atoms with Crippen molar-refractivity contribution in [3.63, 3.8) is 0 Å². The van der Waals surface area contributed by atoms with Gasteiger partial charge in [0.15, 0.2) is 0 Å². The van der Waals surface area contributed by atoms with Crippen molar-refractivity contribution >= 4 is 17.7 Å². The first-order valence-electron chi connectivity index (χ1n) is 16.7. The van der Waals surface area contributed by atoms with E-state index in [4.69, 9.17) is 56.8 Å². The van der Waals surface area contributed by atoms with E-state index in [2.05, 4.69) is 5.32 Å². The highest BCUT2D eigenvalue weighted by Crippen LogP contribution is 2.08.